The molecule has 2 unspecified atom stereocenters. The van der Waals surface area contributed by atoms with Crippen molar-refractivity contribution >= 4 is 5.97 Å². The molecule has 98 valence electrons. The van der Waals surface area contributed by atoms with E-state index in [0.29, 0.717) is 17.5 Å². The first-order valence-electron chi connectivity index (χ1n) is 6.47. The molecule has 0 bridgehead atoms. The Morgan fingerprint density at radius 2 is 2.06 bits per heavy atom. The summed E-state index contributed by atoms with van der Waals surface area (Å²) in [4.78, 5) is 10.8. The van der Waals surface area contributed by atoms with Crippen molar-refractivity contribution in [3.05, 3.63) is 35.4 Å². The molecule has 1 aromatic rings. The molecule has 1 saturated heterocycles. The number of piperidine rings is 1. The van der Waals surface area contributed by atoms with Gasteiger partial charge in [-0.15, -0.1) is 0 Å². The summed E-state index contributed by atoms with van der Waals surface area (Å²) < 4.78 is 0. The average molecular weight is 248 g/mol. The van der Waals surface area contributed by atoms with Crippen molar-refractivity contribution in [3.63, 3.8) is 0 Å². The van der Waals surface area contributed by atoms with Crippen molar-refractivity contribution in [1.29, 1.82) is 0 Å². The zero-order chi connectivity index (χ0) is 13.0. The Morgan fingerprint density at radius 3 is 2.56 bits per heavy atom. The number of carboxylic acid groups (broad SMARTS) is 1. The molecule has 1 heterocycles. The summed E-state index contributed by atoms with van der Waals surface area (Å²) in [6.45, 7) is 1.76. The Bertz CT molecular complexity index is 395. The first-order chi connectivity index (χ1) is 8.70. The standard InChI is InChI=1S/C14H20N2O2/c15-8-7-10-1-6-13(16-9-10)11-2-4-12(5-3-11)14(17)18/h2-5,10,13,16H,1,6-9,15H2,(H,17,18). The molecule has 0 spiro atoms. The quantitative estimate of drug-likeness (QED) is 0.759. The molecule has 2 atom stereocenters. The van der Waals surface area contributed by atoms with Crippen molar-refractivity contribution in [2.45, 2.75) is 25.3 Å². The molecule has 1 aliphatic rings. The van der Waals surface area contributed by atoms with Gasteiger partial charge in [-0.3, -0.25) is 0 Å². The second-order valence-corrected chi connectivity index (χ2v) is 4.91. The van der Waals surface area contributed by atoms with Gasteiger partial charge < -0.3 is 16.2 Å². The van der Waals surface area contributed by atoms with Crippen molar-refractivity contribution in [2.75, 3.05) is 13.1 Å². The van der Waals surface area contributed by atoms with Gasteiger partial charge in [-0.2, -0.15) is 0 Å². The second-order valence-electron chi connectivity index (χ2n) is 4.91. The monoisotopic (exact) mass is 248 g/mol. The Morgan fingerprint density at radius 1 is 1.33 bits per heavy atom. The van der Waals surface area contributed by atoms with E-state index in [0.717, 1.165) is 25.9 Å². The molecular formula is C14H20N2O2. The number of benzene rings is 1. The van der Waals surface area contributed by atoms with Gasteiger partial charge in [-0.05, 0) is 56.0 Å². The Labute approximate surface area is 107 Å². The van der Waals surface area contributed by atoms with Gasteiger partial charge in [-0.25, -0.2) is 4.79 Å². The molecular weight excluding hydrogens is 228 g/mol. The third-order valence-corrected chi connectivity index (χ3v) is 3.65. The number of carboxylic acids is 1. The highest BCUT2D eigenvalue weighted by Crippen LogP contribution is 2.27. The van der Waals surface area contributed by atoms with Crippen LogP contribution in [0.25, 0.3) is 0 Å². The Kier molecular flexibility index (Phi) is 4.33. The van der Waals surface area contributed by atoms with E-state index >= 15 is 0 Å². The van der Waals surface area contributed by atoms with E-state index in [1.54, 1.807) is 12.1 Å². The lowest BCUT2D eigenvalue weighted by Gasteiger charge is -2.30. The lowest BCUT2D eigenvalue weighted by Crippen LogP contribution is -2.34. The molecule has 4 nitrogen and oxygen atoms in total. The van der Waals surface area contributed by atoms with Crippen LogP contribution in [0.15, 0.2) is 24.3 Å². The first kappa shape index (κ1) is 13.1. The summed E-state index contributed by atoms with van der Waals surface area (Å²) in [6.07, 6.45) is 3.37. The average Bonchev–Trinajstić information content (AvgIpc) is 2.40. The molecule has 18 heavy (non-hydrogen) atoms. The smallest absolute Gasteiger partial charge is 0.335 e. The number of nitrogens with two attached hydrogens (primary N) is 1. The lowest BCUT2D eigenvalue weighted by atomic mass is 9.89. The van der Waals surface area contributed by atoms with Gasteiger partial charge in [0.1, 0.15) is 0 Å². The number of rotatable bonds is 4. The molecule has 1 fully saturated rings. The maximum atomic E-state index is 10.8. The van der Waals surface area contributed by atoms with Crippen LogP contribution >= 0.6 is 0 Å². The van der Waals surface area contributed by atoms with E-state index in [1.165, 1.54) is 12.0 Å². The number of hydrogen-bond donors (Lipinski definition) is 3. The molecule has 4 N–H and O–H groups in total. The van der Waals surface area contributed by atoms with Crippen molar-refractivity contribution < 1.29 is 9.90 Å². The number of hydrogen-bond acceptors (Lipinski definition) is 3. The molecule has 1 aromatic carbocycles. The molecule has 2 rings (SSSR count). The van der Waals surface area contributed by atoms with E-state index in [9.17, 15) is 4.79 Å². The van der Waals surface area contributed by atoms with E-state index in [4.69, 9.17) is 10.8 Å². The van der Waals surface area contributed by atoms with Crippen LogP contribution in [-0.4, -0.2) is 24.2 Å². The van der Waals surface area contributed by atoms with E-state index in [2.05, 4.69) is 5.32 Å². The maximum absolute atomic E-state index is 10.8. The van der Waals surface area contributed by atoms with Crippen LogP contribution in [0.2, 0.25) is 0 Å². The summed E-state index contributed by atoms with van der Waals surface area (Å²) >= 11 is 0. The maximum Gasteiger partial charge on any atom is 0.335 e. The van der Waals surface area contributed by atoms with Crippen LogP contribution in [0, 0.1) is 5.92 Å². The summed E-state index contributed by atoms with van der Waals surface area (Å²) in [6, 6.07) is 7.51. The highest BCUT2D eigenvalue weighted by atomic mass is 16.4. The largest absolute Gasteiger partial charge is 0.478 e. The Balaban J connectivity index is 1.95. The highest BCUT2D eigenvalue weighted by Gasteiger charge is 2.21. The van der Waals surface area contributed by atoms with Crippen molar-refractivity contribution in [1.82, 2.24) is 5.32 Å². The van der Waals surface area contributed by atoms with Gasteiger partial charge in [0.25, 0.3) is 0 Å². The third kappa shape index (κ3) is 3.09. The highest BCUT2D eigenvalue weighted by molar-refractivity contribution is 5.87. The van der Waals surface area contributed by atoms with Crippen LogP contribution in [-0.2, 0) is 0 Å². The second kappa shape index (κ2) is 5.98. The van der Waals surface area contributed by atoms with E-state index in [-0.39, 0.29) is 0 Å². The van der Waals surface area contributed by atoms with E-state index in [1.807, 2.05) is 12.1 Å². The summed E-state index contributed by atoms with van der Waals surface area (Å²) in [7, 11) is 0. The molecule has 1 aliphatic heterocycles. The zero-order valence-corrected chi connectivity index (χ0v) is 10.4. The fraction of sp³-hybridized carbons (Fsp3) is 0.500. The van der Waals surface area contributed by atoms with Crippen molar-refractivity contribution in [2.24, 2.45) is 11.7 Å². The summed E-state index contributed by atoms with van der Waals surface area (Å²) in [5.41, 5.74) is 7.08. The number of aromatic carboxylic acids is 1. The lowest BCUT2D eigenvalue weighted by molar-refractivity contribution is 0.0697. The minimum absolute atomic E-state index is 0.343. The number of carbonyl (C=O) groups is 1. The fourth-order valence-corrected chi connectivity index (χ4v) is 2.54. The van der Waals surface area contributed by atoms with Crippen LogP contribution in [0.3, 0.4) is 0 Å². The fourth-order valence-electron chi connectivity index (χ4n) is 2.54. The summed E-state index contributed by atoms with van der Waals surface area (Å²) in [5.74, 6) is -0.189. The van der Waals surface area contributed by atoms with E-state index < -0.39 is 5.97 Å². The van der Waals surface area contributed by atoms with Crippen molar-refractivity contribution in [3.8, 4) is 0 Å². The molecule has 0 saturated carbocycles. The minimum atomic E-state index is -0.874. The summed E-state index contributed by atoms with van der Waals surface area (Å²) in [5, 5.41) is 12.4. The van der Waals surface area contributed by atoms with Crippen LogP contribution in [0.4, 0.5) is 0 Å². The first-order valence-corrected chi connectivity index (χ1v) is 6.47. The predicted octanol–water partition coefficient (Wildman–Crippen LogP) is 1.77. The molecule has 0 radical (unpaired) electrons. The van der Waals surface area contributed by atoms with Gasteiger partial charge in [-0.1, -0.05) is 12.1 Å². The van der Waals surface area contributed by atoms with Gasteiger partial charge in [0, 0.05) is 6.04 Å². The molecule has 0 aromatic heterocycles. The normalized spacial score (nSPS) is 23.8. The van der Waals surface area contributed by atoms with Crippen LogP contribution in [0.5, 0.6) is 0 Å². The predicted molar refractivity (Wildman–Crippen MR) is 70.5 cm³/mol. The SMILES string of the molecule is NCCC1CCC(c2ccc(C(=O)O)cc2)NC1. The van der Waals surface area contributed by atoms with Gasteiger partial charge in [0.05, 0.1) is 5.56 Å². The minimum Gasteiger partial charge on any atom is -0.478 e. The third-order valence-electron chi connectivity index (χ3n) is 3.65. The van der Waals surface area contributed by atoms with Gasteiger partial charge >= 0.3 is 5.97 Å². The molecule has 0 aliphatic carbocycles. The Hall–Kier alpha value is -1.39. The van der Waals surface area contributed by atoms with Crippen LogP contribution < -0.4 is 11.1 Å². The zero-order valence-electron chi connectivity index (χ0n) is 10.4. The van der Waals surface area contributed by atoms with Gasteiger partial charge in [0.15, 0.2) is 0 Å². The molecule has 0 amide bonds. The molecule has 4 heteroatoms. The topological polar surface area (TPSA) is 75.4 Å². The van der Waals surface area contributed by atoms with Crippen LogP contribution in [0.1, 0.15) is 41.2 Å². The number of nitrogens with one attached hydrogen (secondary N) is 1. The van der Waals surface area contributed by atoms with Gasteiger partial charge in [0.2, 0.25) is 0 Å².